The van der Waals surface area contributed by atoms with Crippen molar-refractivity contribution in [3.63, 3.8) is 0 Å². The first-order valence-corrected chi connectivity index (χ1v) is 8.02. The van der Waals surface area contributed by atoms with Gasteiger partial charge in [0.2, 0.25) is 5.89 Å². The Labute approximate surface area is 141 Å². The van der Waals surface area contributed by atoms with E-state index in [9.17, 15) is 4.39 Å². The number of aliphatic imine (C=N–C) groups is 1. The van der Waals surface area contributed by atoms with Crippen LogP contribution in [0.15, 0.2) is 27.7 Å². The summed E-state index contributed by atoms with van der Waals surface area (Å²) in [6.07, 6.45) is 1.55. The van der Waals surface area contributed by atoms with Crippen LogP contribution in [0.1, 0.15) is 42.2 Å². The first-order valence-electron chi connectivity index (χ1n) is 8.02. The molecule has 6 nitrogen and oxygen atoms in total. The molecule has 130 valence electrons. The number of aryl methyl sites for hydroxylation is 3. The van der Waals surface area contributed by atoms with Gasteiger partial charge in [-0.1, -0.05) is 17.3 Å². The maximum Gasteiger partial charge on any atom is 0.226 e. The topological polar surface area (TPSA) is 75.3 Å². The first-order chi connectivity index (χ1) is 11.5. The summed E-state index contributed by atoms with van der Waals surface area (Å²) in [6, 6.07) is 5.20. The summed E-state index contributed by atoms with van der Waals surface area (Å²) in [5.74, 6) is 1.76. The Morgan fingerprint density at radius 1 is 1.38 bits per heavy atom. The fourth-order valence-corrected chi connectivity index (χ4v) is 2.25. The van der Waals surface area contributed by atoms with Gasteiger partial charge in [-0.3, -0.25) is 4.99 Å². The normalized spacial score (nSPS) is 13.0. The molecule has 0 aliphatic heterocycles. The molecule has 0 aliphatic rings. The van der Waals surface area contributed by atoms with Crippen LogP contribution in [0.2, 0.25) is 0 Å². The van der Waals surface area contributed by atoms with Gasteiger partial charge in [0.15, 0.2) is 11.8 Å². The number of hydrogen-bond donors (Lipinski definition) is 2. The van der Waals surface area contributed by atoms with Gasteiger partial charge in [-0.05, 0) is 44.4 Å². The van der Waals surface area contributed by atoms with Crippen LogP contribution in [0, 0.1) is 19.7 Å². The fourth-order valence-electron chi connectivity index (χ4n) is 2.25. The van der Waals surface area contributed by atoms with Crippen LogP contribution in [0.25, 0.3) is 0 Å². The van der Waals surface area contributed by atoms with Crippen molar-refractivity contribution in [2.45, 2.75) is 39.7 Å². The summed E-state index contributed by atoms with van der Waals surface area (Å²) in [4.78, 5) is 8.36. The molecule has 1 aromatic heterocycles. The van der Waals surface area contributed by atoms with E-state index in [1.807, 2.05) is 13.0 Å². The lowest BCUT2D eigenvalue weighted by Crippen LogP contribution is -2.39. The van der Waals surface area contributed by atoms with Crippen molar-refractivity contribution in [2.24, 2.45) is 4.99 Å². The van der Waals surface area contributed by atoms with Crippen molar-refractivity contribution in [1.29, 1.82) is 0 Å². The largest absolute Gasteiger partial charge is 0.356 e. The van der Waals surface area contributed by atoms with E-state index in [1.54, 1.807) is 33.0 Å². The van der Waals surface area contributed by atoms with E-state index in [0.717, 1.165) is 18.5 Å². The number of nitrogens with zero attached hydrogens (tertiary/aromatic N) is 3. The third kappa shape index (κ3) is 5.04. The van der Waals surface area contributed by atoms with Crippen LogP contribution < -0.4 is 10.6 Å². The monoisotopic (exact) mass is 333 g/mol. The number of aromatic nitrogens is 2. The number of rotatable bonds is 6. The Kier molecular flexibility index (Phi) is 6.28. The maximum absolute atomic E-state index is 13.7. The van der Waals surface area contributed by atoms with Crippen LogP contribution in [0.3, 0.4) is 0 Å². The molecule has 0 saturated heterocycles. The average Bonchev–Trinajstić information content (AvgIpc) is 2.98. The maximum atomic E-state index is 13.7. The third-order valence-corrected chi connectivity index (χ3v) is 3.70. The molecule has 7 heteroatoms. The van der Waals surface area contributed by atoms with Crippen molar-refractivity contribution >= 4 is 5.96 Å². The molecular weight excluding hydrogens is 309 g/mol. The molecule has 0 aliphatic carbocycles. The van der Waals surface area contributed by atoms with Gasteiger partial charge in [0.25, 0.3) is 0 Å². The molecule has 0 radical (unpaired) electrons. The smallest absolute Gasteiger partial charge is 0.226 e. The Morgan fingerprint density at radius 3 is 2.79 bits per heavy atom. The fraction of sp³-hybridized carbons (Fsp3) is 0.471. The molecule has 0 saturated carbocycles. The van der Waals surface area contributed by atoms with Crippen molar-refractivity contribution in [2.75, 3.05) is 13.6 Å². The van der Waals surface area contributed by atoms with E-state index < -0.39 is 0 Å². The molecule has 0 spiro atoms. The highest BCUT2D eigenvalue weighted by Gasteiger charge is 2.10. The molecule has 1 atom stereocenters. The average molecular weight is 333 g/mol. The number of benzene rings is 1. The Bertz CT molecular complexity index is 698. The molecule has 2 aromatic rings. The molecule has 24 heavy (non-hydrogen) atoms. The second kappa shape index (κ2) is 8.42. The van der Waals surface area contributed by atoms with Crippen molar-refractivity contribution in [3.8, 4) is 0 Å². The van der Waals surface area contributed by atoms with Crippen LogP contribution >= 0.6 is 0 Å². The summed E-state index contributed by atoms with van der Waals surface area (Å²) >= 11 is 0. The highest BCUT2D eigenvalue weighted by atomic mass is 19.1. The Morgan fingerprint density at radius 2 is 2.17 bits per heavy atom. The lowest BCUT2D eigenvalue weighted by atomic mass is 10.1. The highest BCUT2D eigenvalue weighted by Crippen LogP contribution is 2.16. The molecule has 1 unspecified atom stereocenters. The summed E-state index contributed by atoms with van der Waals surface area (Å²) < 4.78 is 18.7. The zero-order valence-corrected chi connectivity index (χ0v) is 14.6. The molecular formula is C17H24FN5O. The molecule has 0 fully saturated rings. The van der Waals surface area contributed by atoms with Gasteiger partial charge in [-0.15, -0.1) is 0 Å². The molecule has 0 amide bonds. The van der Waals surface area contributed by atoms with Gasteiger partial charge in [0, 0.05) is 20.0 Å². The van der Waals surface area contributed by atoms with E-state index in [-0.39, 0.29) is 11.9 Å². The predicted octanol–water partition coefficient (Wildman–Crippen LogP) is 2.68. The molecule has 2 N–H and O–H groups in total. The van der Waals surface area contributed by atoms with E-state index in [0.29, 0.717) is 29.7 Å². The van der Waals surface area contributed by atoms with Crippen molar-refractivity contribution in [3.05, 3.63) is 46.9 Å². The second-order valence-corrected chi connectivity index (χ2v) is 5.71. The second-order valence-electron chi connectivity index (χ2n) is 5.71. The quantitative estimate of drug-likeness (QED) is 0.483. The Balaban J connectivity index is 1.79. The minimum absolute atomic E-state index is 0.0510. The molecule has 2 rings (SSSR count). The van der Waals surface area contributed by atoms with Gasteiger partial charge in [0.1, 0.15) is 5.82 Å². The summed E-state index contributed by atoms with van der Waals surface area (Å²) in [5, 5.41) is 10.2. The summed E-state index contributed by atoms with van der Waals surface area (Å²) in [6.45, 7) is 6.24. The van der Waals surface area contributed by atoms with E-state index in [1.165, 1.54) is 0 Å². The number of nitrogens with one attached hydrogen (secondary N) is 2. The zero-order valence-electron chi connectivity index (χ0n) is 14.6. The number of hydrogen-bond acceptors (Lipinski definition) is 4. The zero-order chi connectivity index (χ0) is 17.5. The summed E-state index contributed by atoms with van der Waals surface area (Å²) in [7, 11) is 1.71. The van der Waals surface area contributed by atoms with Gasteiger partial charge in [-0.25, -0.2) is 4.39 Å². The molecule has 1 aromatic carbocycles. The van der Waals surface area contributed by atoms with Gasteiger partial charge in [-0.2, -0.15) is 4.98 Å². The SMILES string of the molecule is CN=C(NCCCc1nc(C)no1)NC(C)c1ccc(C)c(F)c1. The van der Waals surface area contributed by atoms with E-state index in [2.05, 4.69) is 25.8 Å². The summed E-state index contributed by atoms with van der Waals surface area (Å²) in [5.41, 5.74) is 1.52. The number of guanidine groups is 1. The standard InChI is InChI=1S/C17H24FN5O/c1-11-7-8-14(10-15(11)18)12(2)21-17(19-4)20-9-5-6-16-22-13(3)23-24-16/h7-8,10,12H,5-6,9H2,1-4H3,(H2,19,20,21). The predicted molar refractivity (Wildman–Crippen MR) is 91.4 cm³/mol. The highest BCUT2D eigenvalue weighted by molar-refractivity contribution is 5.80. The lowest BCUT2D eigenvalue weighted by Gasteiger charge is -2.18. The van der Waals surface area contributed by atoms with E-state index >= 15 is 0 Å². The van der Waals surface area contributed by atoms with Crippen molar-refractivity contribution in [1.82, 2.24) is 20.8 Å². The van der Waals surface area contributed by atoms with Crippen LogP contribution in [0.5, 0.6) is 0 Å². The first kappa shape index (κ1) is 17.9. The molecule has 1 heterocycles. The lowest BCUT2D eigenvalue weighted by molar-refractivity contribution is 0.372. The van der Waals surface area contributed by atoms with Crippen molar-refractivity contribution < 1.29 is 8.91 Å². The van der Waals surface area contributed by atoms with Crippen LogP contribution in [-0.4, -0.2) is 29.7 Å². The van der Waals surface area contributed by atoms with Gasteiger partial charge >= 0.3 is 0 Å². The molecule has 0 bridgehead atoms. The minimum Gasteiger partial charge on any atom is -0.356 e. The Hall–Kier alpha value is -2.44. The van der Waals surface area contributed by atoms with Crippen LogP contribution in [0.4, 0.5) is 4.39 Å². The van der Waals surface area contributed by atoms with Gasteiger partial charge in [0.05, 0.1) is 6.04 Å². The van der Waals surface area contributed by atoms with Gasteiger partial charge < -0.3 is 15.2 Å². The van der Waals surface area contributed by atoms with Crippen LogP contribution in [-0.2, 0) is 6.42 Å². The third-order valence-electron chi connectivity index (χ3n) is 3.70. The minimum atomic E-state index is -0.195. The number of halogens is 1. The van der Waals surface area contributed by atoms with E-state index in [4.69, 9.17) is 4.52 Å².